The largest absolute Gasteiger partial charge is 0.492 e. The van der Waals surface area contributed by atoms with Gasteiger partial charge in [0.2, 0.25) is 5.43 Å². The molecule has 1 aliphatic rings. The van der Waals surface area contributed by atoms with Gasteiger partial charge < -0.3 is 14.4 Å². The van der Waals surface area contributed by atoms with Gasteiger partial charge in [0.1, 0.15) is 5.56 Å². The molecule has 0 saturated heterocycles. The number of nitrogens with zero attached hydrogens (tertiary/aromatic N) is 1. The zero-order valence-corrected chi connectivity index (χ0v) is 10.3. The molecule has 6 heteroatoms. The summed E-state index contributed by atoms with van der Waals surface area (Å²) in [7, 11) is 1.15. The second-order valence-corrected chi connectivity index (χ2v) is 4.25. The third-order valence-electron chi connectivity index (χ3n) is 3.09. The van der Waals surface area contributed by atoms with Crippen LogP contribution in [0.5, 0.6) is 5.75 Å². The minimum atomic E-state index is -2.30. The highest BCUT2D eigenvalue weighted by atomic mass is 19.1. The predicted octanol–water partition coefficient (Wildman–Crippen LogP) is 2.18. The predicted molar refractivity (Wildman–Crippen MR) is 69.9 cm³/mol. The molecule has 3 rings (SSSR count). The number of pyridine rings is 1. The Bertz CT molecular complexity index is 926. The smallest absolute Gasteiger partial charge is 0.341 e. The summed E-state index contributed by atoms with van der Waals surface area (Å²) < 4.78 is 50.9. The molecule has 2 aromatic rings. The third kappa shape index (κ3) is 1.76. The van der Waals surface area contributed by atoms with Crippen LogP contribution < -0.4 is 10.2 Å². The van der Waals surface area contributed by atoms with Gasteiger partial charge in [-0.3, -0.25) is 4.79 Å². The summed E-state index contributed by atoms with van der Waals surface area (Å²) in [6.07, 6.45) is -3.77. The van der Waals surface area contributed by atoms with Crippen LogP contribution in [0.25, 0.3) is 10.9 Å². The number of carboxylic acids is 1. The van der Waals surface area contributed by atoms with Crippen molar-refractivity contribution in [1.29, 1.82) is 0 Å². The minimum Gasteiger partial charge on any atom is -0.492 e. The molecule has 1 saturated carbocycles. The van der Waals surface area contributed by atoms with Gasteiger partial charge in [0.05, 0.1) is 18.0 Å². The van der Waals surface area contributed by atoms with Gasteiger partial charge in [-0.25, -0.2) is 9.18 Å². The van der Waals surface area contributed by atoms with Crippen molar-refractivity contribution >= 4 is 16.9 Å². The topological polar surface area (TPSA) is 68.5 Å². The molecular formula is C14H12FNO4. The molecule has 0 atom stereocenters. The highest BCUT2D eigenvalue weighted by molar-refractivity contribution is 5.94. The Kier molecular flexibility index (Phi) is 1.89. The van der Waals surface area contributed by atoms with Crippen LogP contribution in [0.3, 0.4) is 0 Å². The second kappa shape index (κ2) is 4.33. The van der Waals surface area contributed by atoms with E-state index in [4.69, 9.17) is 10.2 Å². The highest BCUT2D eigenvalue weighted by Gasteiger charge is 2.28. The van der Waals surface area contributed by atoms with Gasteiger partial charge in [0.25, 0.3) is 0 Å². The Hall–Kier alpha value is -2.37. The third-order valence-corrected chi connectivity index (χ3v) is 3.09. The molecule has 0 aliphatic heterocycles. The lowest BCUT2D eigenvalue weighted by Gasteiger charge is -2.14. The summed E-state index contributed by atoms with van der Waals surface area (Å²) in [4.78, 5) is 23.6. The molecule has 1 heterocycles. The van der Waals surface area contributed by atoms with Crippen LogP contribution in [-0.2, 0) is 0 Å². The Morgan fingerprint density at radius 1 is 1.55 bits per heavy atom. The molecule has 5 nitrogen and oxygen atoms in total. The second-order valence-electron chi connectivity index (χ2n) is 4.25. The quantitative estimate of drug-likeness (QED) is 0.936. The Balaban J connectivity index is 2.48. The van der Waals surface area contributed by atoms with Gasteiger partial charge in [-0.15, -0.1) is 0 Å². The van der Waals surface area contributed by atoms with Gasteiger partial charge in [0.15, 0.2) is 11.6 Å². The Labute approximate surface area is 118 Å². The van der Waals surface area contributed by atoms with Crippen LogP contribution in [0.15, 0.2) is 23.1 Å². The summed E-state index contributed by atoms with van der Waals surface area (Å²) in [5.41, 5.74) is -1.72. The molecule has 1 fully saturated rings. The average molecular weight is 281 g/mol. The number of aromatic carboxylic acids is 1. The average Bonchev–Trinajstić information content (AvgIpc) is 2.89. The van der Waals surface area contributed by atoms with Gasteiger partial charge in [-0.05, 0) is 24.9 Å². The van der Waals surface area contributed by atoms with E-state index in [9.17, 15) is 19.1 Å². The van der Waals surface area contributed by atoms with Crippen LogP contribution in [0.4, 0.5) is 4.39 Å². The highest BCUT2D eigenvalue weighted by Crippen LogP contribution is 2.39. The number of hydrogen-bond acceptors (Lipinski definition) is 3. The van der Waals surface area contributed by atoms with Gasteiger partial charge in [-0.2, -0.15) is 0 Å². The first-order valence-electron chi connectivity index (χ1n) is 7.70. The van der Waals surface area contributed by atoms with E-state index in [0.717, 1.165) is 30.0 Å². The fraction of sp³-hybridized carbons (Fsp3) is 0.286. The van der Waals surface area contributed by atoms with Crippen molar-refractivity contribution in [2.24, 2.45) is 0 Å². The monoisotopic (exact) mass is 281 g/mol. The standard InChI is InChI=1S/C14H12FNO4/c1-20-13-10(15)5-4-8-11(13)16(7-2-3-7)6-9(12(8)17)14(18)19/h4-7H,2-3H2,1H3,(H,18,19)/i2D2,3D2. The number of ether oxygens (including phenoxy) is 1. The van der Waals surface area contributed by atoms with Crippen molar-refractivity contribution in [3.05, 3.63) is 39.9 Å². The lowest BCUT2D eigenvalue weighted by Crippen LogP contribution is -2.19. The van der Waals surface area contributed by atoms with Gasteiger partial charge in [-0.1, -0.05) is 0 Å². The summed E-state index contributed by atoms with van der Waals surface area (Å²) in [5.74, 6) is -2.75. The fourth-order valence-corrected chi connectivity index (χ4v) is 2.12. The van der Waals surface area contributed by atoms with E-state index in [1.165, 1.54) is 0 Å². The molecule has 1 aliphatic carbocycles. The van der Waals surface area contributed by atoms with Crippen LogP contribution >= 0.6 is 0 Å². The summed E-state index contributed by atoms with van der Waals surface area (Å²) in [6.45, 7) is 0. The number of rotatable bonds is 3. The number of hydrogen-bond donors (Lipinski definition) is 1. The molecule has 1 aromatic carbocycles. The van der Waals surface area contributed by atoms with E-state index in [0.29, 0.717) is 0 Å². The van der Waals surface area contributed by atoms with Crippen molar-refractivity contribution in [3.8, 4) is 5.75 Å². The molecule has 20 heavy (non-hydrogen) atoms. The van der Waals surface area contributed by atoms with Crippen molar-refractivity contribution in [2.75, 3.05) is 7.11 Å². The molecule has 0 unspecified atom stereocenters. The zero-order chi connectivity index (χ0) is 18.0. The first-order chi connectivity index (χ1) is 11.1. The maximum absolute atomic E-state index is 14.0. The van der Waals surface area contributed by atoms with Crippen molar-refractivity contribution in [3.63, 3.8) is 0 Å². The van der Waals surface area contributed by atoms with Crippen molar-refractivity contribution < 1.29 is 24.5 Å². The summed E-state index contributed by atoms with van der Waals surface area (Å²) >= 11 is 0. The molecule has 0 amide bonds. The first-order valence-corrected chi connectivity index (χ1v) is 5.70. The van der Waals surface area contributed by atoms with Crippen LogP contribution in [0, 0.1) is 5.82 Å². The number of halogens is 1. The fourth-order valence-electron chi connectivity index (χ4n) is 2.12. The molecular weight excluding hydrogens is 265 g/mol. The van der Waals surface area contributed by atoms with Gasteiger partial charge >= 0.3 is 5.97 Å². The SMILES string of the molecule is [2H]C1([2H])C(n2cc(C(=O)O)c(=O)c3ccc(F)c(OC)c32)C1([2H])[2H]. The molecule has 104 valence electrons. The van der Waals surface area contributed by atoms with Crippen LogP contribution in [0.1, 0.15) is 34.6 Å². The number of fused-ring (bicyclic) bond motifs is 1. The summed E-state index contributed by atoms with van der Waals surface area (Å²) in [5, 5.41) is 9.00. The van der Waals surface area contributed by atoms with Crippen molar-refractivity contribution in [1.82, 2.24) is 4.57 Å². The molecule has 0 radical (unpaired) electrons. The number of methoxy groups -OCH3 is 1. The molecule has 0 spiro atoms. The van der Waals surface area contributed by atoms with E-state index in [1.54, 1.807) is 0 Å². The number of carbonyl (C=O) groups is 1. The van der Waals surface area contributed by atoms with E-state index in [-0.39, 0.29) is 16.7 Å². The lowest BCUT2D eigenvalue weighted by atomic mass is 10.1. The molecule has 0 bridgehead atoms. The maximum Gasteiger partial charge on any atom is 0.341 e. The Morgan fingerprint density at radius 3 is 2.80 bits per heavy atom. The molecule has 1 aromatic heterocycles. The van der Waals surface area contributed by atoms with Crippen LogP contribution in [0.2, 0.25) is 0 Å². The van der Waals surface area contributed by atoms with E-state index in [1.807, 2.05) is 0 Å². The normalized spacial score (nSPS) is 22.5. The van der Waals surface area contributed by atoms with E-state index in [2.05, 4.69) is 0 Å². The number of aromatic nitrogens is 1. The number of carboxylic acid groups (broad SMARTS) is 1. The first kappa shape index (κ1) is 8.73. The maximum atomic E-state index is 14.0. The zero-order valence-electron chi connectivity index (χ0n) is 14.3. The van der Waals surface area contributed by atoms with Crippen LogP contribution in [-0.4, -0.2) is 22.8 Å². The van der Waals surface area contributed by atoms with Gasteiger partial charge in [0, 0.05) is 17.7 Å². The molecule has 1 N–H and O–H groups in total. The number of benzene rings is 1. The van der Waals surface area contributed by atoms with E-state index >= 15 is 0 Å². The Morgan fingerprint density at radius 2 is 2.25 bits per heavy atom. The minimum absolute atomic E-state index is 0.178. The van der Waals surface area contributed by atoms with Crippen molar-refractivity contribution in [2.45, 2.75) is 18.8 Å². The lowest BCUT2D eigenvalue weighted by molar-refractivity contribution is 0.0695. The summed E-state index contributed by atoms with van der Waals surface area (Å²) in [6, 6.07) is 0.600. The van der Waals surface area contributed by atoms with E-state index < -0.39 is 41.6 Å².